The monoisotopic (exact) mass is 460 g/mol. The van der Waals surface area contributed by atoms with Gasteiger partial charge in [0.2, 0.25) is 5.91 Å². The molecule has 0 bridgehead atoms. The molecule has 6 nitrogen and oxygen atoms in total. The van der Waals surface area contributed by atoms with E-state index in [0.717, 1.165) is 29.6 Å². The summed E-state index contributed by atoms with van der Waals surface area (Å²) < 4.78 is 0. The maximum Gasteiger partial charge on any atom is 0.254 e. The van der Waals surface area contributed by atoms with Crippen LogP contribution in [0.2, 0.25) is 0 Å². The third-order valence-corrected chi connectivity index (χ3v) is 6.79. The fraction of sp³-hybridized carbons (Fsp3) is 0.429. The molecule has 4 rings (SSSR count). The van der Waals surface area contributed by atoms with Gasteiger partial charge in [0.15, 0.2) is 0 Å². The summed E-state index contributed by atoms with van der Waals surface area (Å²) in [5.74, 6) is -0.148. The highest BCUT2D eigenvalue weighted by Crippen LogP contribution is 2.32. The van der Waals surface area contributed by atoms with Gasteiger partial charge in [-0.2, -0.15) is 0 Å². The highest BCUT2D eigenvalue weighted by atomic mass is 16.2. The second-order valence-corrected chi connectivity index (χ2v) is 10.5. The first-order valence-electron chi connectivity index (χ1n) is 12.1. The van der Waals surface area contributed by atoms with E-state index in [0.29, 0.717) is 31.4 Å². The molecular formula is C28H36N4O2. The lowest BCUT2D eigenvalue weighted by molar-refractivity contribution is -0.136. The molecule has 0 unspecified atom stereocenters. The number of hydrogen-bond donors (Lipinski definition) is 2. The molecule has 2 amide bonds. The van der Waals surface area contributed by atoms with Crippen LogP contribution < -0.4 is 5.32 Å². The van der Waals surface area contributed by atoms with Gasteiger partial charge in [0, 0.05) is 47.8 Å². The van der Waals surface area contributed by atoms with E-state index in [2.05, 4.69) is 34.4 Å². The van der Waals surface area contributed by atoms with Crippen molar-refractivity contribution in [2.24, 2.45) is 0 Å². The normalized spacial score (nSPS) is 16.4. The Labute approximate surface area is 202 Å². The first kappa shape index (κ1) is 24.0. The van der Waals surface area contributed by atoms with Gasteiger partial charge < -0.3 is 20.1 Å². The van der Waals surface area contributed by atoms with E-state index in [1.165, 1.54) is 0 Å². The SMILES string of the molecule is CN1CCC(C(=O)NC(C)(C)C)(N(CCc2c[nH]c3ccccc23)C(=O)c2ccccc2)CC1. The number of piperidine rings is 1. The molecule has 6 heteroatoms. The number of benzene rings is 2. The Morgan fingerprint density at radius 3 is 2.35 bits per heavy atom. The third kappa shape index (κ3) is 5.02. The predicted octanol–water partition coefficient (Wildman–Crippen LogP) is 4.23. The minimum absolute atomic E-state index is 0.0590. The van der Waals surface area contributed by atoms with E-state index in [1.54, 1.807) is 0 Å². The van der Waals surface area contributed by atoms with Crippen molar-refractivity contribution in [2.45, 2.75) is 51.1 Å². The van der Waals surface area contributed by atoms with E-state index in [1.807, 2.05) is 74.3 Å². The summed E-state index contributed by atoms with van der Waals surface area (Å²) in [5.41, 5.74) is 1.58. The van der Waals surface area contributed by atoms with Gasteiger partial charge in [0.05, 0.1) is 0 Å². The number of nitrogens with zero attached hydrogens (tertiary/aromatic N) is 2. The largest absolute Gasteiger partial charge is 0.361 e. The Balaban J connectivity index is 1.72. The highest BCUT2D eigenvalue weighted by molar-refractivity contribution is 5.99. The number of nitrogens with one attached hydrogen (secondary N) is 2. The quantitative estimate of drug-likeness (QED) is 0.578. The van der Waals surface area contributed by atoms with Crippen LogP contribution in [-0.2, 0) is 11.2 Å². The molecule has 1 aromatic heterocycles. The molecule has 1 fully saturated rings. The van der Waals surface area contributed by atoms with Gasteiger partial charge in [-0.25, -0.2) is 0 Å². The summed E-state index contributed by atoms with van der Waals surface area (Å²) >= 11 is 0. The minimum atomic E-state index is -0.890. The Bertz CT molecular complexity index is 1140. The molecule has 0 radical (unpaired) electrons. The number of aromatic nitrogens is 1. The molecule has 3 aromatic rings. The van der Waals surface area contributed by atoms with Crippen LogP contribution >= 0.6 is 0 Å². The molecule has 180 valence electrons. The van der Waals surface area contributed by atoms with E-state index in [9.17, 15) is 9.59 Å². The van der Waals surface area contributed by atoms with Gasteiger partial charge in [-0.3, -0.25) is 9.59 Å². The average Bonchev–Trinajstić information content (AvgIpc) is 3.23. The molecular weight excluding hydrogens is 424 g/mol. The number of carbonyl (C=O) groups excluding carboxylic acids is 2. The van der Waals surface area contributed by atoms with Crippen LogP contribution in [0, 0.1) is 0 Å². The predicted molar refractivity (Wildman–Crippen MR) is 137 cm³/mol. The summed E-state index contributed by atoms with van der Waals surface area (Å²) in [5, 5.41) is 4.36. The molecule has 34 heavy (non-hydrogen) atoms. The van der Waals surface area contributed by atoms with E-state index in [-0.39, 0.29) is 17.4 Å². The topological polar surface area (TPSA) is 68.4 Å². The fourth-order valence-electron chi connectivity index (χ4n) is 4.88. The molecule has 1 aliphatic rings. The number of aromatic amines is 1. The van der Waals surface area contributed by atoms with E-state index < -0.39 is 5.54 Å². The number of amides is 2. The van der Waals surface area contributed by atoms with Crippen LogP contribution in [0.4, 0.5) is 0 Å². The number of H-pyrrole nitrogens is 1. The van der Waals surface area contributed by atoms with Crippen LogP contribution in [0.5, 0.6) is 0 Å². The molecule has 2 heterocycles. The zero-order valence-electron chi connectivity index (χ0n) is 20.7. The second kappa shape index (κ2) is 9.63. The zero-order chi connectivity index (χ0) is 24.3. The standard InChI is InChI=1S/C28H36N4O2/c1-27(2,3)30-26(34)28(15-18-31(4)19-16-28)32(25(33)21-10-6-5-7-11-21)17-14-22-20-29-24-13-9-8-12-23(22)24/h5-13,20,29H,14-19H2,1-4H3,(H,30,34). The second-order valence-electron chi connectivity index (χ2n) is 10.5. The van der Waals surface area contributed by atoms with Crippen molar-refractivity contribution in [1.29, 1.82) is 0 Å². The summed E-state index contributed by atoms with van der Waals surface area (Å²) in [4.78, 5) is 35.2. The number of likely N-dealkylation sites (tertiary alicyclic amines) is 1. The number of hydrogen-bond acceptors (Lipinski definition) is 3. The Morgan fingerprint density at radius 1 is 1.03 bits per heavy atom. The summed E-state index contributed by atoms with van der Waals surface area (Å²) in [7, 11) is 2.07. The molecule has 0 atom stereocenters. The van der Waals surface area contributed by atoms with Crippen molar-refractivity contribution < 1.29 is 9.59 Å². The van der Waals surface area contributed by atoms with Gasteiger partial charge in [-0.15, -0.1) is 0 Å². The van der Waals surface area contributed by atoms with Crippen LogP contribution in [0.25, 0.3) is 10.9 Å². The average molecular weight is 461 g/mol. The summed E-state index contributed by atoms with van der Waals surface area (Å²) in [6, 6.07) is 17.5. The Hall–Kier alpha value is -3.12. The molecule has 0 aliphatic carbocycles. The lowest BCUT2D eigenvalue weighted by Gasteiger charge is -2.48. The maximum absolute atomic E-state index is 13.9. The Morgan fingerprint density at radius 2 is 1.68 bits per heavy atom. The van der Waals surface area contributed by atoms with E-state index in [4.69, 9.17) is 0 Å². The lowest BCUT2D eigenvalue weighted by Crippen LogP contribution is -2.66. The van der Waals surface area contributed by atoms with Crippen LogP contribution in [0.15, 0.2) is 60.8 Å². The van der Waals surface area contributed by atoms with Crippen molar-refractivity contribution >= 4 is 22.7 Å². The Kier molecular flexibility index (Phi) is 6.80. The first-order valence-corrected chi connectivity index (χ1v) is 12.1. The number of rotatable bonds is 6. The van der Waals surface area contributed by atoms with Crippen molar-refractivity contribution in [3.05, 3.63) is 71.9 Å². The highest BCUT2D eigenvalue weighted by Gasteiger charge is 2.48. The smallest absolute Gasteiger partial charge is 0.254 e. The molecule has 0 saturated carbocycles. The van der Waals surface area contributed by atoms with E-state index >= 15 is 0 Å². The van der Waals surface area contributed by atoms with Crippen LogP contribution in [0.1, 0.15) is 49.5 Å². The number of fused-ring (bicyclic) bond motifs is 1. The van der Waals surface area contributed by atoms with Gasteiger partial charge in [-0.05, 0) is 70.8 Å². The first-order chi connectivity index (χ1) is 16.2. The molecule has 2 aromatic carbocycles. The fourth-order valence-corrected chi connectivity index (χ4v) is 4.88. The van der Waals surface area contributed by atoms with Crippen molar-refractivity contribution in [1.82, 2.24) is 20.1 Å². The minimum Gasteiger partial charge on any atom is -0.361 e. The molecule has 1 aliphatic heterocycles. The molecule has 0 spiro atoms. The molecule has 2 N–H and O–H groups in total. The summed E-state index contributed by atoms with van der Waals surface area (Å²) in [6.07, 6.45) is 3.91. The van der Waals surface area contributed by atoms with Crippen LogP contribution in [-0.4, -0.2) is 64.4 Å². The van der Waals surface area contributed by atoms with Gasteiger partial charge in [0.25, 0.3) is 5.91 Å². The summed E-state index contributed by atoms with van der Waals surface area (Å²) in [6.45, 7) is 7.97. The van der Waals surface area contributed by atoms with Crippen LogP contribution in [0.3, 0.4) is 0 Å². The van der Waals surface area contributed by atoms with Crippen molar-refractivity contribution in [2.75, 3.05) is 26.7 Å². The molecule has 1 saturated heterocycles. The number of para-hydroxylation sites is 1. The maximum atomic E-state index is 13.9. The zero-order valence-corrected chi connectivity index (χ0v) is 20.7. The van der Waals surface area contributed by atoms with Gasteiger partial charge >= 0.3 is 0 Å². The lowest BCUT2D eigenvalue weighted by atomic mass is 9.83. The third-order valence-electron chi connectivity index (χ3n) is 6.79. The number of carbonyl (C=O) groups is 2. The van der Waals surface area contributed by atoms with Gasteiger partial charge in [0.1, 0.15) is 5.54 Å². The van der Waals surface area contributed by atoms with Crippen molar-refractivity contribution in [3.8, 4) is 0 Å². The van der Waals surface area contributed by atoms with Gasteiger partial charge in [-0.1, -0.05) is 36.4 Å². The van der Waals surface area contributed by atoms with Crippen molar-refractivity contribution in [3.63, 3.8) is 0 Å².